The first-order valence-electron chi connectivity index (χ1n) is 6.70. The topological polar surface area (TPSA) is 71.2 Å². The molecule has 0 bridgehead atoms. The van der Waals surface area contributed by atoms with Gasteiger partial charge in [0.1, 0.15) is 11.9 Å². The lowest BCUT2D eigenvalue weighted by Gasteiger charge is -2.35. The summed E-state index contributed by atoms with van der Waals surface area (Å²) < 4.78 is 0. The zero-order chi connectivity index (χ0) is 14.7. The number of nitrogens with two attached hydrogens (primary N) is 1. The average molecular weight is 317 g/mol. The van der Waals surface area contributed by atoms with Crippen molar-refractivity contribution in [3.05, 3.63) is 16.1 Å². The van der Waals surface area contributed by atoms with E-state index in [-0.39, 0.29) is 11.9 Å². The zero-order valence-electron chi connectivity index (χ0n) is 11.3. The Morgan fingerprint density at radius 2 is 2.25 bits per heavy atom. The van der Waals surface area contributed by atoms with Crippen LogP contribution in [0.25, 0.3) is 0 Å². The van der Waals surface area contributed by atoms with Gasteiger partial charge >= 0.3 is 0 Å². The largest absolute Gasteiger partial charge is 0.369 e. The summed E-state index contributed by atoms with van der Waals surface area (Å²) in [4.78, 5) is 17.9. The molecule has 110 valence electrons. The van der Waals surface area contributed by atoms with E-state index in [0.717, 1.165) is 19.3 Å². The third-order valence-electron chi connectivity index (χ3n) is 3.36. The quantitative estimate of drug-likeness (QED) is 0.895. The predicted molar refractivity (Wildman–Crippen MR) is 82.6 cm³/mol. The summed E-state index contributed by atoms with van der Waals surface area (Å²) in [6, 6.07) is 1.29. The van der Waals surface area contributed by atoms with E-state index < -0.39 is 0 Å². The van der Waals surface area contributed by atoms with Gasteiger partial charge in [-0.3, -0.25) is 4.79 Å². The van der Waals surface area contributed by atoms with E-state index >= 15 is 0 Å². The molecule has 0 saturated carbocycles. The minimum Gasteiger partial charge on any atom is -0.369 e. The monoisotopic (exact) mass is 316 g/mol. The van der Waals surface area contributed by atoms with Gasteiger partial charge < -0.3 is 16.0 Å². The molecule has 1 fully saturated rings. The maximum atomic E-state index is 11.6. The summed E-state index contributed by atoms with van der Waals surface area (Å²) in [5.74, 6) is 0.792. The van der Waals surface area contributed by atoms with Gasteiger partial charge in [-0.05, 0) is 32.3 Å². The number of aromatic nitrogens is 1. The van der Waals surface area contributed by atoms with Crippen molar-refractivity contribution in [2.45, 2.75) is 32.2 Å². The van der Waals surface area contributed by atoms with Crippen molar-refractivity contribution < 1.29 is 4.79 Å². The second-order valence-corrected chi connectivity index (χ2v) is 5.58. The molecule has 0 spiro atoms. The molecule has 7 heteroatoms. The van der Waals surface area contributed by atoms with E-state index in [1.165, 1.54) is 0 Å². The highest BCUT2D eigenvalue weighted by molar-refractivity contribution is 6.37. The van der Waals surface area contributed by atoms with Gasteiger partial charge in [0.2, 0.25) is 5.91 Å². The molecule has 1 aliphatic rings. The molecule has 2 heterocycles. The Kier molecular flexibility index (Phi) is 4.94. The van der Waals surface area contributed by atoms with Crippen LogP contribution in [0.4, 0.5) is 11.6 Å². The van der Waals surface area contributed by atoms with E-state index in [1.54, 1.807) is 6.07 Å². The number of carbonyl (C=O) groups excluding carboxylic acids is 1. The highest BCUT2D eigenvalue weighted by atomic mass is 35.5. The third-order valence-corrected chi connectivity index (χ3v) is 3.92. The number of hydrogen-bond donors (Lipinski definition) is 2. The molecule has 1 aromatic heterocycles. The Morgan fingerprint density at radius 1 is 1.50 bits per heavy atom. The minimum atomic E-state index is -0.357. The van der Waals surface area contributed by atoms with E-state index in [2.05, 4.69) is 10.3 Å². The van der Waals surface area contributed by atoms with Crippen LogP contribution in [0.1, 0.15) is 26.2 Å². The number of piperidine rings is 1. The molecule has 5 nitrogen and oxygen atoms in total. The van der Waals surface area contributed by atoms with Crippen LogP contribution in [-0.4, -0.2) is 30.0 Å². The molecule has 1 atom stereocenters. The van der Waals surface area contributed by atoms with Crippen LogP contribution in [0.5, 0.6) is 0 Å². The van der Waals surface area contributed by atoms with Crippen LogP contribution < -0.4 is 16.0 Å². The number of nitrogens with one attached hydrogen (secondary N) is 1. The van der Waals surface area contributed by atoms with Crippen molar-refractivity contribution in [1.82, 2.24) is 4.98 Å². The van der Waals surface area contributed by atoms with E-state index in [1.807, 2.05) is 11.8 Å². The number of amides is 1. The molecule has 1 aliphatic heterocycles. The number of nitrogens with zero attached hydrogens (tertiary/aromatic N) is 2. The van der Waals surface area contributed by atoms with Crippen molar-refractivity contribution in [3.8, 4) is 0 Å². The maximum Gasteiger partial charge on any atom is 0.240 e. The fraction of sp³-hybridized carbons (Fsp3) is 0.538. The normalized spacial score (nSPS) is 18.9. The van der Waals surface area contributed by atoms with Crippen molar-refractivity contribution in [3.63, 3.8) is 0 Å². The fourth-order valence-electron chi connectivity index (χ4n) is 2.43. The maximum absolute atomic E-state index is 11.6. The van der Waals surface area contributed by atoms with Crippen LogP contribution in [0.15, 0.2) is 6.07 Å². The molecule has 3 N–H and O–H groups in total. The molecule has 20 heavy (non-hydrogen) atoms. The molecule has 1 saturated heterocycles. The predicted octanol–water partition coefficient (Wildman–Crippen LogP) is 2.66. The summed E-state index contributed by atoms with van der Waals surface area (Å²) in [6.07, 6.45) is 2.70. The van der Waals surface area contributed by atoms with Crippen LogP contribution in [-0.2, 0) is 4.79 Å². The smallest absolute Gasteiger partial charge is 0.240 e. The zero-order valence-corrected chi connectivity index (χ0v) is 12.8. The second kappa shape index (κ2) is 6.50. The fourth-order valence-corrected chi connectivity index (χ4v) is 2.96. The van der Waals surface area contributed by atoms with Gasteiger partial charge in [-0.2, -0.15) is 0 Å². The highest BCUT2D eigenvalue weighted by Crippen LogP contribution is 2.34. The number of anilines is 2. The summed E-state index contributed by atoms with van der Waals surface area (Å²) in [6.45, 7) is 3.37. The van der Waals surface area contributed by atoms with Gasteiger partial charge in [0.15, 0.2) is 5.82 Å². The lowest BCUT2D eigenvalue weighted by Crippen LogP contribution is -2.48. The van der Waals surface area contributed by atoms with Gasteiger partial charge in [0.05, 0.1) is 10.0 Å². The Bertz CT molecular complexity index is 509. The van der Waals surface area contributed by atoms with E-state index in [4.69, 9.17) is 28.9 Å². The number of rotatable bonds is 4. The van der Waals surface area contributed by atoms with Crippen molar-refractivity contribution >= 4 is 40.7 Å². The van der Waals surface area contributed by atoms with E-state index in [9.17, 15) is 4.79 Å². The van der Waals surface area contributed by atoms with Crippen LogP contribution in [0, 0.1) is 0 Å². The van der Waals surface area contributed by atoms with Gasteiger partial charge in [-0.1, -0.05) is 23.2 Å². The summed E-state index contributed by atoms with van der Waals surface area (Å²) in [5.41, 5.74) is 5.48. The molecular formula is C13H18Cl2N4O. The SMILES string of the molecule is CCNc1nc(N2CCCCC2C(N)=O)c(Cl)cc1Cl. The van der Waals surface area contributed by atoms with Crippen LogP contribution in [0.2, 0.25) is 10.0 Å². The lowest BCUT2D eigenvalue weighted by molar-refractivity contribution is -0.119. The van der Waals surface area contributed by atoms with Crippen molar-refractivity contribution in [2.24, 2.45) is 5.73 Å². The molecule has 1 amide bonds. The standard InChI is InChI=1S/C13H18Cl2N4O/c1-2-17-12-8(14)7-9(15)13(18-12)19-6-4-3-5-10(19)11(16)20/h7,10H,2-6H2,1H3,(H2,16,20)(H,17,18). The molecule has 0 aromatic carbocycles. The molecule has 1 unspecified atom stereocenters. The Balaban J connectivity index is 2.39. The van der Waals surface area contributed by atoms with E-state index in [0.29, 0.717) is 34.8 Å². The number of carbonyl (C=O) groups is 1. The number of hydrogen-bond acceptors (Lipinski definition) is 4. The van der Waals surface area contributed by atoms with Gasteiger partial charge in [0.25, 0.3) is 0 Å². The highest BCUT2D eigenvalue weighted by Gasteiger charge is 2.29. The first kappa shape index (κ1) is 15.2. The Morgan fingerprint density at radius 3 is 2.90 bits per heavy atom. The van der Waals surface area contributed by atoms with Gasteiger partial charge in [-0.25, -0.2) is 4.98 Å². The van der Waals surface area contributed by atoms with Crippen molar-refractivity contribution in [2.75, 3.05) is 23.3 Å². The first-order valence-corrected chi connectivity index (χ1v) is 7.46. The molecular weight excluding hydrogens is 299 g/mol. The summed E-state index contributed by atoms with van der Waals surface area (Å²) >= 11 is 12.3. The second-order valence-electron chi connectivity index (χ2n) is 4.76. The number of halogens is 2. The number of primary amides is 1. The Hall–Kier alpha value is -1.20. The number of pyridine rings is 1. The van der Waals surface area contributed by atoms with Crippen LogP contribution in [0.3, 0.4) is 0 Å². The molecule has 2 rings (SSSR count). The summed E-state index contributed by atoms with van der Waals surface area (Å²) in [7, 11) is 0. The third kappa shape index (κ3) is 3.10. The first-order chi connectivity index (χ1) is 9.54. The summed E-state index contributed by atoms with van der Waals surface area (Å²) in [5, 5.41) is 3.98. The molecule has 0 aliphatic carbocycles. The van der Waals surface area contributed by atoms with Crippen LogP contribution >= 0.6 is 23.2 Å². The van der Waals surface area contributed by atoms with Gasteiger partial charge in [0, 0.05) is 13.1 Å². The minimum absolute atomic E-state index is 0.345. The van der Waals surface area contributed by atoms with Gasteiger partial charge in [-0.15, -0.1) is 0 Å². The van der Waals surface area contributed by atoms with Crippen molar-refractivity contribution in [1.29, 1.82) is 0 Å². The molecule has 1 aromatic rings. The Labute approximate surface area is 128 Å². The average Bonchev–Trinajstić information content (AvgIpc) is 2.42. The lowest BCUT2D eigenvalue weighted by atomic mass is 10.0. The molecule has 0 radical (unpaired) electrons.